The summed E-state index contributed by atoms with van der Waals surface area (Å²) < 4.78 is 5.92. The highest BCUT2D eigenvalue weighted by Crippen LogP contribution is 2.20. The molecule has 0 bridgehead atoms. The molecule has 1 fully saturated rings. The number of hydrogen-bond acceptors (Lipinski definition) is 2. The minimum absolute atomic E-state index is 0.572. The van der Waals surface area contributed by atoms with Crippen LogP contribution in [0.4, 0.5) is 0 Å². The molecule has 2 nitrogen and oxygen atoms in total. The lowest BCUT2D eigenvalue weighted by Gasteiger charge is -2.22. The zero-order valence-corrected chi connectivity index (χ0v) is 11.7. The quantitative estimate of drug-likeness (QED) is 0.550. The zero-order chi connectivity index (χ0) is 12.5. The molecular weight excluding hydrogens is 222 g/mol. The van der Waals surface area contributed by atoms with Gasteiger partial charge in [-0.25, -0.2) is 0 Å². The molecule has 1 saturated carbocycles. The van der Waals surface area contributed by atoms with E-state index in [1.54, 1.807) is 0 Å². The third kappa shape index (κ3) is 5.53. The molecule has 18 heavy (non-hydrogen) atoms. The van der Waals surface area contributed by atoms with Crippen LogP contribution in [0.15, 0.2) is 12.2 Å². The van der Waals surface area contributed by atoms with Gasteiger partial charge in [0.05, 0.1) is 6.10 Å². The fourth-order valence-electron chi connectivity index (χ4n) is 3.03. The van der Waals surface area contributed by atoms with Gasteiger partial charge in [0.25, 0.3) is 0 Å². The van der Waals surface area contributed by atoms with Crippen LogP contribution in [0.3, 0.4) is 0 Å². The summed E-state index contributed by atoms with van der Waals surface area (Å²) in [6, 6.07) is 0. The van der Waals surface area contributed by atoms with Crippen molar-refractivity contribution < 1.29 is 4.74 Å². The molecule has 2 aliphatic carbocycles. The molecule has 1 N–H and O–H groups in total. The van der Waals surface area contributed by atoms with Gasteiger partial charge in [-0.3, -0.25) is 0 Å². The third-order valence-electron chi connectivity index (χ3n) is 4.21. The maximum absolute atomic E-state index is 5.92. The minimum Gasteiger partial charge on any atom is -0.378 e. The summed E-state index contributed by atoms with van der Waals surface area (Å²) in [4.78, 5) is 0. The van der Waals surface area contributed by atoms with E-state index in [1.807, 2.05) is 0 Å². The lowest BCUT2D eigenvalue weighted by atomic mass is 9.94. The largest absolute Gasteiger partial charge is 0.378 e. The Morgan fingerprint density at radius 3 is 2.72 bits per heavy atom. The number of allylic oxidation sites excluding steroid dienone is 2. The van der Waals surface area contributed by atoms with E-state index in [1.165, 1.54) is 64.3 Å². The van der Waals surface area contributed by atoms with E-state index in [0.29, 0.717) is 6.10 Å². The molecule has 104 valence electrons. The predicted molar refractivity (Wildman–Crippen MR) is 76.8 cm³/mol. The smallest absolute Gasteiger partial charge is 0.0575 e. The number of hydrogen-bond donors (Lipinski definition) is 1. The van der Waals surface area contributed by atoms with Crippen LogP contribution in [-0.4, -0.2) is 25.8 Å². The molecule has 1 unspecified atom stereocenters. The van der Waals surface area contributed by atoms with E-state index in [4.69, 9.17) is 4.74 Å². The first-order valence-corrected chi connectivity index (χ1v) is 7.92. The molecular formula is C16H29NO. The van der Waals surface area contributed by atoms with Crippen molar-refractivity contribution in [3.63, 3.8) is 0 Å². The van der Waals surface area contributed by atoms with Crippen LogP contribution in [0.2, 0.25) is 0 Å². The fraction of sp³-hybridized carbons (Fsp3) is 0.875. The molecule has 0 aromatic carbocycles. The Hall–Kier alpha value is -0.340. The Labute approximate surface area is 112 Å². The van der Waals surface area contributed by atoms with Crippen molar-refractivity contribution in [2.75, 3.05) is 19.7 Å². The van der Waals surface area contributed by atoms with Gasteiger partial charge >= 0.3 is 0 Å². The molecule has 2 aliphatic rings. The van der Waals surface area contributed by atoms with Gasteiger partial charge in [-0.15, -0.1) is 0 Å². The van der Waals surface area contributed by atoms with Gasteiger partial charge in [-0.2, -0.15) is 0 Å². The molecule has 0 spiro atoms. The Morgan fingerprint density at radius 1 is 1.06 bits per heavy atom. The van der Waals surface area contributed by atoms with Crippen LogP contribution in [0.1, 0.15) is 57.8 Å². The Bertz CT molecular complexity index is 233. The minimum atomic E-state index is 0.572. The summed E-state index contributed by atoms with van der Waals surface area (Å²) in [6.07, 6.45) is 17.0. The molecule has 0 saturated heterocycles. The van der Waals surface area contributed by atoms with Crippen LogP contribution in [-0.2, 0) is 4.74 Å². The molecule has 0 aliphatic heterocycles. The number of nitrogens with one attached hydrogen (secondary N) is 1. The third-order valence-corrected chi connectivity index (χ3v) is 4.21. The van der Waals surface area contributed by atoms with Gasteiger partial charge in [-0.05, 0) is 57.5 Å². The lowest BCUT2D eigenvalue weighted by molar-refractivity contribution is 0.0272. The molecule has 2 heteroatoms. The molecule has 0 aromatic heterocycles. The maximum Gasteiger partial charge on any atom is 0.0575 e. The van der Waals surface area contributed by atoms with Crippen molar-refractivity contribution in [3.8, 4) is 0 Å². The normalized spacial score (nSPS) is 25.4. The summed E-state index contributed by atoms with van der Waals surface area (Å²) >= 11 is 0. The fourth-order valence-corrected chi connectivity index (χ4v) is 3.03. The van der Waals surface area contributed by atoms with Gasteiger partial charge in [0.2, 0.25) is 0 Å². The van der Waals surface area contributed by atoms with Gasteiger partial charge in [0.15, 0.2) is 0 Å². The van der Waals surface area contributed by atoms with Gasteiger partial charge in [0.1, 0.15) is 0 Å². The summed E-state index contributed by atoms with van der Waals surface area (Å²) in [5, 5.41) is 3.58. The first-order valence-electron chi connectivity index (χ1n) is 7.92. The second-order valence-electron chi connectivity index (χ2n) is 5.84. The van der Waals surface area contributed by atoms with Crippen LogP contribution >= 0.6 is 0 Å². The average Bonchev–Trinajstić information content (AvgIpc) is 2.45. The van der Waals surface area contributed by atoms with Crippen molar-refractivity contribution in [1.29, 1.82) is 0 Å². The summed E-state index contributed by atoms with van der Waals surface area (Å²) in [7, 11) is 0. The van der Waals surface area contributed by atoms with E-state index in [9.17, 15) is 0 Å². The molecule has 0 aromatic rings. The molecule has 0 radical (unpaired) electrons. The first-order chi connectivity index (χ1) is 8.95. The lowest BCUT2D eigenvalue weighted by Crippen LogP contribution is -2.26. The van der Waals surface area contributed by atoms with Crippen molar-refractivity contribution in [1.82, 2.24) is 5.32 Å². The Kier molecular flexibility index (Phi) is 6.81. The summed E-state index contributed by atoms with van der Waals surface area (Å²) in [5.74, 6) is 0.870. The van der Waals surface area contributed by atoms with Crippen LogP contribution in [0.25, 0.3) is 0 Å². The monoisotopic (exact) mass is 251 g/mol. The Morgan fingerprint density at radius 2 is 1.94 bits per heavy atom. The van der Waals surface area contributed by atoms with Crippen LogP contribution in [0, 0.1) is 5.92 Å². The summed E-state index contributed by atoms with van der Waals surface area (Å²) in [5.41, 5.74) is 0. The standard InChI is InChI=1S/C16H29NO/c1-3-8-15(9-4-1)14-17-12-7-13-18-16-10-5-2-6-11-16/h1,3,15-17H,2,4-14H2. The highest BCUT2D eigenvalue weighted by molar-refractivity contribution is 4.90. The van der Waals surface area contributed by atoms with Crippen molar-refractivity contribution in [2.45, 2.75) is 63.9 Å². The van der Waals surface area contributed by atoms with E-state index in [0.717, 1.165) is 19.1 Å². The van der Waals surface area contributed by atoms with Gasteiger partial charge in [-0.1, -0.05) is 31.4 Å². The van der Waals surface area contributed by atoms with E-state index < -0.39 is 0 Å². The molecule has 0 amide bonds. The van der Waals surface area contributed by atoms with E-state index in [-0.39, 0.29) is 0 Å². The average molecular weight is 251 g/mol. The highest BCUT2D eigenvalue weighted by atomic mass is 16.5. The van der Waals surface area contributed by atoms with E-state index >= 15 is 0 Å². The first kappa shape index (κ1) is 14.1. The Balaban J connectivity index is 1.40. The number of ether oxygens (including phenoxy) is 1. The van der Waals surface area contributed by atoms with Gasteiger partial charge in [0, 0.05) is 6.61 Å². The predicted octanol–water partition coefficient (Wildman–Crippen LogP) is 3.67. The maximum atomic E-state index is 5.92. The van der Waals surface area contributed by atoms with Gasteiger partial charge < -0.3 is 10.1 Å². The zero-order valence-electron chi connectivity index (χ0n) is 11.7. The van der Waals surface area contributed by atoms with Crippen molar-refractivity contribution >= 4 is 0 Å². The van der Waals surface area contributed by atoms with Crippen LogP contribution < -0.4 is 5.32 Å². The van der Waals surface area contributed by atoms with Crippen molar-refractivity contribution in [3.05, 3.63) is 12.2 Å². The second kappa shape index (κ2) is 8.71. The van der Waals surface area contributed by atoms with E-state index in [2.05, 4.69) is 17.5 Å². The topological polar surface area (TPSA) is 21.3 Å². The molecule has 1 atom stereocenters. The van der Waals surface area contributed by atoms with Crippen LogP contribution in [0.5, 0.6) is 0 Å². The number of rotatable bonds is 7. The summed E-state index contributed by atoms with van der Waals surface area (Å²) in [6.45, 7) is 3.25. The molecule has 2 rings (SSSR count). The van der Waals surface area contributed by atoms with Crippen molar-refractivity contribution in [2.24, 2.45) is 5.92 Å². The second-order valence-corrected chi connectivity index (χ2v) is 5.84. The highest BCUT2D eigenvalue weighted by Gasteiger charge is 2.13. The SMILES string of the molecule is C1=CCC(CNCCCOC2CCCCC2)CC1. The molecule has 0 heterocycles.